The van der Waals surface area contributed by atoms with Gasteiger partial charge < -0.3 is 4.74 Å². The molecule has 1 nitrogen and oxygen atoms in total. The molecule has 1 heterocycles. The van der Waals surface area contributed by atoms with E-state index in [4.69, 9.17) is 4.74 Å². The third-order valence-electron chi connectivity index (χ3n) is 9.02. The summed E-state index contributed by atoms with van der Waals surface area (Å²) in [6, 6.07) is 38.8. The molecule has 1 unspecified atom stereocenters. The first-order chi connectivity index (χ1) is 21.3. The van der Waals surface area contributed by atoms with Crippen molar-refractivity contribution in [1.82, 2.24) is 0 Å². The number of benzene rings is 6. The van der Waals surface area contributed by atoms with Crippen LogP contribution in [-0.2, 0) is 11.0 Å². The Labute approximate surface area is 259 Å². The summed E-state index contributed by atoms with van der Waals surface area (Å²) in [7, 11) is 0. The van der Waals surface area contributed by atoms with Gasteiger partial charge >= 0.3 is 0 Å². The Morgan fingerprint density at radius 3 is 2.02 bits per heavy atom. The second kappa shape index (κ2) is 9.93. The van der Waals surface area contributed by atoms with Gasteiger partial charge in [0, 0.05) is 37.3 Å². The van der Waals surface area contributed by atoms with Gasteiger partial charge in [-0.1, -0.05) is 104 Å². The van der Waals surface area contributed by atoms with E-state index in [0.29, 0.717) is 11.1 Å². The van der Waals surface area contributed by atoms with E-state index in [2.05, 4.69) is 74.5 Å². The Morgan fingerprint density at radius 1 is 0.636 bits per heavy atom. The average Bonchev–Trinajstić information content (AvgIpc) is 3.28. The monoisotopic (exact) mass is 594 g/mol. The quantitative estimate of drug-likeness (QED) is 0.201. The second-order valence-electron chi connectivity index (χ2n) is 12.0. The van der Waals surface area contributed by atoms with Crippen molar-refractivity contribution in [2.24, 2.45) is 0 Å². The minimum atomic E-state index is -0.945. The zero-order valence-electron chi connectivity index (χ0n) is 24.3. The number of rotatable bonds is 4. The summed E-state index contributed by atoms with van der Waals surface area (Å²) in [5.74, 6) is 0.0355. The second-order valence-corrected chi connectivity index (χ2v) is 13.1. The molecule has 2 aliphatic rings. The standard InChI is InChI=1S/C40H28F2OS/c1-39(2)35-24-28(42)16-20-32(35)36-31-19-15-27(41)23-34(31)38-33(37(36)39)21-22-40(43-38,25-9-5-3-6-10-25)26-13-17-30(18-14-26)44-29-11-7-4-8-12-29/h3-24H,1-2H3. The van der Waals surface area contributed by atoms with Crippen LogP contribution in [0.15, 0.2) is 137 Å². The molecule has 0 N–H and O–H groups in total. The largest absolute Gasteiger partial charge is 0.472 e. The van der Waals surface area contributed by atoms with Crippen molar-refractivity contribution in [3.63, 3.8) is 0 Å². The van der Waals surface area contributed by atoms with Gasteiger partial charge in [-0.3, -0.25) is 0 Å². The molecule has 214 valence electrons. The number of ether oxygens (including phenoxy) is 1. The maximum atomic E-state index is 15.0. The molecule has 0 aromatic heterocycles. The summed E-state index contributed by atoms with van der Waals surface area (Å²) in [5.41, 5.74) is 5.40. The highest BCUT2D eigenvalue weighted by Gasteiger charge is 2.44. The molecular formula is C40H28F2OS. The van der Waals surface area contributed by atoms with E-state index in [1.165, 1.54) is 17.0 Å². The van der Waals surface area contributed by atoms with Crippen LogP contribution in [0.3, 0.4) is 0 Å². The molecule has 0 bridgehead atoms. The van der Waals surface area contributed by atoms with E-state index in [1.807, 2.05) is 48.5 Å². The Morgan fingerprint density at radius 2 is 1.27 bits per heavy atom. The third-order valence-corrected chi connectivity index (χ3v) is 10.0. The SMILES string of the molecule is CC1(C)c2cc(F)ccc2-c2c1c1c(c3cc(F)ccc23)OC(c2ccccc2)(c2ccc(Sc3ccccc3)cc2)C=C1. The molecule has 0 radical (unpaired) electrons. The molecule has 0 fully saturated rings. The van der Waals surface area contributed by atoms with Crippen LogP contribution < -0.4 is 4.74 Å². The van der Waals surface area contributed by atoms with Crippen molar-refractivity contribution in [1.29, 1.82) is 0 Å². The lowest BCUT2D eigenvalue weighted by molar-refractivity contribution is 0.163. The highest BCUT2D eigenvalue weighted by atomic mass is 32.2. The number of hydrogen-bond donors (Lipinski definition) is 0. The van der Waals surface area contributed by atoms with E-state index in [9.17, 15) is 8.78 Å². The maximum absolute atomic E-state index is 15.0. The van der Waals surface area contributed by atoms with E-state index in [1.54, 1.807) is 23.9 Å². The van der Waals surface area contributed by atoms with Gasteiger partial charge in [0.25, 0.3) is 0 Å². The molecule has 4 heteroatoms. The molecule has 8 rings (SSSR count). The predicted molar refractivity (Wildman–Crippen MR) is 175 cm³/mol. The van der Waals surface area contributed by atoms with Crippen molar-refractivity contribution < 1.29 is 13.5 Å². The Hall–Kier alpha value is -4.67. The lowest BCUT2D eigenvalue weighted by Gasteiger charge is -2.38. The zero-order valence-corrected chi connectivity index (χ0v) is 25.1. The molecule has 0 saturated carbocycles. The van der Waals surface area contributed by atoms with Gasteiger partial charge in [-0.05, 0) is 82.2 Å². The summed E-state index contributed by atoms with van der Waals surface area (Å²) in [6.07, 6.45) is 4.25. The summed E-state index contributed by atoms with van der Waals surface area (Å²) in [5, 5.41) is 1.60. The van der Waals surface area contributed by atoms with E-state index in [0.717, 1.165) is 49.2 Å². The maximum Gasteiger partial charge on any atom is 0.178 e. The van der Waals surface area contributed by atoms with Crippen LogP contribution in [0.1, 0.15) is 41.7 Å². The first-order valence-electron chi connectivity index (χ1n) is 14.7. The molecule has 6 aromatic carbocycles. The lowest BCUT2D eigenvalue weighted by atomic mass is 9.77. The molecule has 44 heavy (non-hydrogen) atoms. The van der Waals surface area contributed by atoms with Crippen LogP contribution in [0, 0.1) is 11.6 Å². The fourth-order valence-electron chi connectivity index (χ4n) is 6.99. The van der Waals surface area contributed by atoms with Gasteiger partial charge in [-0.25, -0.2) is 8.78 Å². The van der Waals surface area contributed by atoms with Crippen LogP contribution in [-0.4, -0.2) is 0 Å². The summed E-state index contributed by atoms with van der Waals surface area (Å²) < 4.78 is 36.8. The van der Waals surface area contributed by atoms with Crippen molar-refractivity contribution in [3.05, 3.63) is 167 Å². The zero-order chi connectivity index (χ0) is 30.1. The summed E-state index contributed by atoms with van der Waals surface area (Å²) in [4.78, 5) is 2.30. The van der Waals surface area contributed by atoms with Crippen LogP contribution in [0.25, 0.3) is 28.0 Å². The van der Waals surface area contributed by atoms with Crippen LogP contribution in [0.5, 0.6) is 5.75 Å². The van der Waals surface area contributed by atoms with Crippen LogP contribution in [0.4, 0.5) is 8.78 Å². The normalized spacial score (nSPS) is 17.5. The average molecular weight is 595 g/mol. The summed E-state index contributed by atoms with van der Waals surface area (Å²) in [6.45, 7) is 4.26. The molecule has 0 amide bonds. The van der Waals surface area contributed by atoms with Crippen LogP contribution >= 0.6 is 11.8 Å². The van der Waals surface area contributed by atoms with Gasteiger partial charge in [0.1, 0.15) is 17.4 Å². The topological polar surface area (TPSA) is 9.23 Å². The lowest BCUT2D eigenvalue weighted by Crippen LogP contribution is -2.35. The highest BCUT2D eigenvalue weighted by molar-refractivity contribution is 7.99. The molecule has 1 aliphatic carbocycles. The minimum Gasteiger partial charge on any atom is -0.472 e. The number of halogens is 2. The highest BCUT2D eigenvalue weighted by Crippen LogP contribution is 2.58. The van der Waals surface area contributed by atoms with Crippen LogP contribution in [0.2, 0.25) is 0 Å². The molecule has 1 aliphatic heterocycles. The molecule has 0 saturated heterocycles. The van der Waals surface area contributed by atoms with Gasteiger partial charge in [-0.15, -0.1) is 0 Å². The van der Waals surface area contributed by atoms with Crippen molar-refractivity contribution in [2.75, 3.05) is 0 Å². The molecule has 1 atom stereocenters. The predicted octanol–water partition coefficient (Wildman–Crippen LogP) is 10.9. The summed E-state index contributed by atoms with van der Waals surface area (Å²) >= 11 is 1.71. The van der Waals surface area contributed by atoms with Gasteiger partial charge in [0.2, 0.25) is 0 Å². The first-order valence-corrected chi connectivity index (χ1v) is 15.5. The fourth-order valence-corrected chi connectivity index (χ4v) is 7.83. The van der Waals surface area contributed by atoms with E-state index >= 15 is 0 Å². The molecular weight excluding hydrogens is 567 g/mol. The number of hydrogen-bond acceptors (Lipinski definition) is 2. The third kappa shape index (κ3) is 4.05. The van der Waals surface area contributed by atoms with Gasteiger partial charge in [-0.2, -0.15) is 0 Å². The van der Waals surface area contributed by atoms with E-state index in [-0.39, 0.29) is 11.6 Å². The van der Waals surface area contributed by atoms with Gasteiger partial charge in [0.15, 0.2) is 5.60 Å². The number of fused-ring (bicyclic) bond motifs is 8. The van der Waals surface area contributed by atoms with Gasteiger partial charge in [0.05, 0.1) is 0 Å². The molecule has 6 aromatic rings. The van der Waals surface area contributed by atoms with Crippen molar-refractivity contribution in [3.8, 4) is 16.9 Å². The Bertz CT molecular complexity index is 2100. The van der Waals surface area contributed by atoms with Crippen molar-refractivity contribution >= 4 is 28.6 Å². The fraction of sp³-hybridized carbons (Fsp3) is 0.100. The van der Waals surface area contributed by atoms with Crippen molar-refractivity contribution in [2.45, 2.75) is 34.7 Å². The molecule has 0 spiro atoms. The Kier molecular flexibility index (Phi) is 6.08. The Balaban J connectivity index is 1.35. The van der Waals surface area contributed by atoms with E-state index < -0.39 is 11.0 Å². The first kappa shape index (κ1) is 26.9. The minimum absolute atomic E-state index is 0.266. The smallest absolute Gasteiger partial charge is 0.178 e.